The largest absolute Gasteiger partial charge is 0.488 e. The highest BCUT2D eigenvalue weighted by atomic mass is 16.5. The minimum Gasteiger partial charge on any atom is -0.488 e. The Labute approximate surface area is 98.3 Å². The van der Waals surface area contributed by atoms with Crippen LogP contribution in [-0.4, -0.2) is 19.7 Å². The molecule has 1 rings (SSSR count). The second-order valence-corrected chi connectivity index (χ2v) is 3.74. The van der Waals surface area contributed by atoms with Crippen LogP contribution < -0.4 is 10.1 Å². The molecule has 1 atom stereocenters. The van der Waals surface area contributed by atoms with Crippen molar-refractivity contribution in [2.24, 2.45) is 0 Å². The van der Waals surface area contributed by atoms with Gasteiger partial charge in [0.25, 0.3) is 0 Å². The number of rotatable bonds is 6. The summed E-state index contributed by atoms with van der Waals surface area (Å²) >= 11 is 0. The molecule has 0 heterocycles. The molecular formula is C14H21NO. The number of hydrogen-bond donors (Lipinski definition) is 1. The molecule has 0 aliphatic carbocycles. The lowest BCUT2D eigenvalue weighted by atomic mass is 10.2. The van der Waals surface area contributed by atoms with Crippen molar-refractivity contribution in [2.75, 3.05) is 13.6 Å². The lowest BCUT2D eigenvalue weighted by Crippen LogP contribution is -2.28. The molecule has 16 heavy (non-hydrogen) atoms. The lowest BCUT2D eigenvalue weighted by Gasteiger charge is -2.18. The Hall–Kier alpha value is -1.28. The number of likely N-dealkylation sites (N-methyl/N-ethyl adjacent to an activating group) is 1. The van der Waals surface area contributed by atoms with Gasteiger partial charge in [-0.05, 0) is 26.5 Å². The molecule has 88 valence electrons. The highest BCUT2D eigenvalue weighted by molar-refractivity contribution is 5.56. The fourth-order valence-corrected chi connectivity index (χ4v) is 1.58. The third kappa shape index (κ3) is 3.70. The summed E-state index contributed by atoms with van der Waals surface area (Å²) in [6.07, 6.45) is 5.34. The van der Waals surface area contributed by atoms with E-state index in [4.69, 9.17) is 4.74 Å². The van der Waals surface area contributed by atoms with Gasteiger partial charge in [-0.15, -0.1) is 0 Å². The molecule has 1 N–H and O–H groups in total. The molecule has 2 nitrogen and oxygen atoms in total. The predicted octanol–water partition coefficient (Wildman–Crippen LogP) is 3.10. The van der Waals surface area contributed by atoms with Crippen LogP contribution in [0.3, 0.4) is 0 Å². The average Bonchev–Trinajstić information content (AvgIpc) is 2.31. The third-order valence-electron chi connectivity index (χ3n) is 2.45. The van der Waals surface area contributed by atoms with Crippen molar-refractivity contribution in [1.29, 1.82) is 0 Å². The summed E-state index contributed by atoms with van der Waals surface area (Å²) in [7, 11) is 1.95. The summed E-state index contributed by atoms with van der Waals surface area (Å²) in [5, 5.41) is 3.15. The van der Waals surface area contributed by atoms with Crippen LogP contribution in [0.1, 0.15) is 25.8 Å². The Kier molecular flexibility index (Phi) is 5.65. The van der Waals surface area contributed by atoms with Crippen molar-refractivity contribution in [1.82, 2.24) is 5.32 Å². The van der Waals surface area contributed by atoms with Crippen LogP contribution in [0.5, 0.6) is 5.75 Å². The van der Waals surface area contributed by atoms with Gasteiger partial charge in [0.05, 0.1) is 0 Å². The van der Waals surface area contributed by atoms with E-state index in [9.17, 15) is 0 Å². The minimum atomic E-state index is 0.233. The van der Waals surface area contributed by atoms with Crippen LogP contribution >= 0.6 is 0 Å². The molecule has 0 bridgehead atoms. The van der Waals surface area contributed by atoms with Crippen molar-refractivity contribution in [2.45, 2.75) is 26.4 Å². The normalized spacial score (nSPS) is 12.9. The first-order valence-electron chi connectivity index (χ1n) is 5.84. The van der Waals surface area contributed by atoms with E-state index in [1.165, 1.54) is 0 Å². The van der Waals surface area contributed by atoms with Gasteiger partial charge in [-0.25, -0.2) is 0 Å². The predicted molar refractivity (Wildman–Crippen MR) is 69.8 cm³/mol. The highest BCUT2D eigenvalue weighted by Crippen LogP contribution is 2.21. The van der Waals surface area contributed by atoms with Gasteiger partial charge in [-0.3, -0.25) is 0 Å². The zero-order valence-corrected chi connectivity index (χ0v) is 10.4. The topological polar surface area (TPSA) is 21.3 Å². The van der Waals surface area contributed by atoms with Gasteiger partial charge in [-0.2, -0.15) is 0 Å². The van der Waals surface area contributed by atoms with Crippen LogP contribution in [0, 0.1) is 0 Å². The van der Waals surface area contributed by atoms with E-state index in [2.05, 4.69) is 24.4 Å². The molecule has 1 unspecified atom stereocenters. The smallest absolute Gasteiger partial charge is 0.126 e. The van der Waals surface area contributed by atoms with E-state index in [0.29, 0.717) is 0 Å². The summed E-state index contributed by atoms with van der Waals surface area (Å²) in [6.45, 7) is 5.03. The van der Waals surface area contributed by atoms with Gasteiger partial charge < -0.3 is 10.1 Å². The third-order valence-corrected chi connectivity index (χ3v) is 2.45. The number of para-hydroxylation sites is 1. The summed E-state index contributed by atoms with van der Waals surface area (Å²) < 4.78 is 5.97. The molecule has 1 aromatic rings. The molecule has 0 aliphatic rings. The average molecular weight is 219 g/mol. The van der Waals surface area contributed by atoms with E-state index < -0.39 is 0 Å². The van der Waals surface area contributed by atoms with Crippen molar-refractivity contribution < 1.29 is 4.74 Å². The number of hydrogen-bond acceptors (Lipinski definition) is 2. The molecule has 0 spiro atoms. The Morgan fingerprint density at radius 2 is 2.12 bits per heavy atom. The molecule has 1 aromatic carbocycles. The maximum absolute atomic E-state index is 5.97. The quantitative estimate of drug-likeness (QED) is 0.793. The van der Waals surface area contributed by atoms with Crippen LogP contribution in [0.15, 0.2) is 30.3 Å². The van der Waals surface area contributed by atoms with E-state index in [1.54, 1.807) is 0 Å². The summed E-state index contributed by atoms with van der Waals surface area (Å²) in [5.41, 5.74) is 1.14. The number of benzene rings is 1. The van der Waals surface area contributed by atoms with E-state index in [-0.39, 0.29) is 6.10 Å². The van der Waals surface area contributed by atoms with E-state index >= 15 is 0 Å². The molecule has 0 aromatic heterocycles. The molecule has 0 radical (unpaired) electrons. The van der Waals surface area contributed by atoms with Gasteiger partial charge in [-0.1, -0.05) is 37.3 Å². The number of nitrogens with one attached hydrogen (secondary N) is 1. The molecule has 0 saturated heterocycles. The number of allylic oxidation sites excluding steroid dienone is 1. The molecule has 0 saturated carbocycles. The molecule has 0 fully saturated rings. The zero-order valence-electron chi connectivity index (χ0n) is 10.4. The van der Waals surface area contributed by atoms with Gasteiger partial charge >= 0.3 is 0 Å². The van der Waals surface area contributed by atoms with E-state index in [1.807, 2.05) is 38.2 Å². The van der Waals surface area contributed by atoms with Crippen molar-refractivity contribution in [3.05, 3.63) is 35.9 Å². The summed E-state index contributed by atoms with van der Waals surface area (Å²) in [5.74, 6) is 0.961. The second-order valence-electron chi connectivity index (χ2n) is 3.74. The lowest BCUT2D eigenvalue weighted by molar-refractivity contribution is 0.196. The molecule has 0 aliphatic heterocycles. The first-order valence-corrected chi connectivity index (χ1v) is 5.84. The Morgan fingerprint density at radius 3 is 2.75 bits per heavy atom. The van der Waals surface area contributed by atoms with Crippen LogP contribution in [-0.2, 0) is 0 Å². The van der Waals surface area contributed by atoms with Gasteiger partial charge in [0.2, 0.25) is 0 Å². The molecule has 2 heteroatoms. The van der Waals surface area contributed by atoms with Crippen molar-refractivity contribution in [3.8, 4) is 5.75 Å². The minimum absolute atomic E-state index is 0.233. The van der Waals surface area contributed by atoms with Gasteiger partial charge in [0, 0.05) is 12.1 Å². The molecular weight excluding hydrogens is 198 g/mol. The van der Waals surface area contributed by atoms with Crippen molar-refractivity contribution in [3.63, 3.8) is 0 Å². The van der Waals surface area contributed by atoms with Gasteiger partial charge in [0.1, 0.15) is 11.9 Å². The fourth-order valence-electron chi connectivity index (χ4n) is 1.58. The maximum atomic E-state index is 5.97. The Morgan fingerprint density at radius 1 is 1.38 bits per heavy atom. The monoisotopic (exact) mass is 219 g/mol. The highest BCUT2D eigenvalue weighted by Gasteiger charge is 2.08. The fraction of sp³-hybridized carbons (Fsp3) is 0.429. The van der Waals surface area contributed by atoms with Crippen LogP contribution in [0.2, 0.25) is 0 Å². The maximum Gasteiger partial charge on any atom is 0.126 e. The molecule has 0 amide bonds. The van der Waals surface area contributed by atoms with Crippen molar-refractivity contribution >= 4 is 6.08 Å². The second kappa shape index (κ2) is 7.07. The zero-order chi connectivity index (χ0) is 11.8. The van der Waals surface area contributed by atoms with Gasteiger partial charge in [0.15, 0.2) is 0 Å². The first-order chi connectivity index (χ1) is 7.81. The van der Waals surface area contributed by atoms with E-state index in [0.717, 1.165) is 24.3 Å². The van der Waals surface area contributed by atoms with Crippen LogP contribution in [0.25, 0.3) is 6.08 Å². The summed E-state index contributed by atoms with van der Waals surface area (Å²) in [6, 6.07) is 8.13. The Balaban J connectivity index is 2.78. The standard InChI is InChI=1S/C14H21NO/c1-4-8-12-9-6-7-10-14(12)16-13(5-2)11-15-3/h4,6-10,13,15H,5,11H2,1-3H3. The van der Waals surface area contributed by atoms with Crippen LogP contribution in [0.4, 0.5) is 0 Å². The summed E-state index contributed by atoms with van der Waals surface area (Å²) in [4.78, 5) is 0. The Bertz CT molecular complexity index is 333. The number of ether oxygens (including phenoxy) is 1. The SMILES string of the molecule is CC=Cc1ccccc1OC(CC)CNC. The first kappa shape index (κ1) is 12.8.